The van der Waals surface area contributed by atoms with Crippen LogP contribution >= 0.6 is 0 Å². The standard InChI is InChI=1S/C9H18N2O/c1-7-8(5-4-6-10-7)9(12)11(2)3/h7-8,10H,4-6H2,1-3H3. The molecule has 1 rings (SSSR count). The molecule has 1 N–H and O–H groups in total. The third-order valence-corrected chi connectivity index (χ3v) is 2.52. The van der Waals surface area contributed by atoms with Gasteiger partial charge in [-0.15, -0.1) is 0 Å². The quantitative estimate of drug-likeness (QED) is 0.620. The molecule has 0 bridgehead atoms. The summed E-state index contributed by atoms with van der Waals surface area (Å²) in [6, 6.07) is 0.341. The van der Waals surface area contributed by atoms with E-state index in [1.165, 1.54) is 0 Å². The fourth-order valence-electron chi connectivity index (χ4n) is 1.71. The number of hydrogen-bond donors (Lipinski definition) is 1. The number of carbonyl (C=O) groups is 1. The van der Waals surface area contributed by atoms with Crippen molar-refractivity contribution in [2.45, 2.75) is 25.8 Å². The molecule has 1 fully saturated rings. The van der Waals surface area contributed by atoms with Gasteiger partial charge in [-0.3, -0.25) is 4.79 Å². The van der Waals surface area contributed by atoms with E-state index in [2.05, 4.69) is 12.2 Å². The van der Waals surface area contributed by atoms with Gasteiger partial charge in [0.05, 0.1) is 5.92 Å². The maximum Gasteiger partial charge on any atom is 0.226 e. The van der Waals surface area contributed by atoms with Gasteiger partial charge in [0.15, 0.2) is 0 Å². The molecule has 2 atom stereocenters. The lowest BCUT2D eigenvalue weighted by Gasteiger charge is -2.30. The van der Waals surface area contributed by atoms with Crippen LogP contribution in [0.5, 0.6) is 0 Å². The third-order valence-electron chi connectivity index (χ3n) is 2.52. The monoisotopic (exact) mass is 170 g/mol. The second-order valence-corrected chi connectivity index (χ2v) is 3.72. The second kappa shape index (κ2) is 3.90. The van der Waals surface area contributed by atoms with Gasteiger partial charge in [-0.25, -0.2) is 0 Å². The molecule has 0 aromatic heterocycles. The Morgan fingerprint density at radius 2 is 2.17 bits per heavy atom. The summed E-state index contributed by atoms with van der Waals surface area (Å²) in [6.07, 6.45) is 2.15. The molecule has 0 saturated carbocycles. The lowest BCUT2D eigenvalue weighted by molar-refractivity contribution is -0.134. The van der Waals surface area contributed by atoms with Gasteiger partial charge in [-0.05, 0) is 26.3 Å². The normalized spacial score (nSPS) is 29.9. The zero-order valence-electron chi connectivity index (χ0n) is 8.13. The van der Waals surface area contributed by atoms with Crippen molar-refractivity contribution in [3.05, 3.63) is 0 Å². The number of nitrogens with one attached hydrogen (secondary N) is 1. The molecule has 1 amide bonds. The molecule has 1 saturated heterocycles. The Balaban J connectivity index is 2.53. The van der Waals surface area contributed by atoms with E-state index >= 15 is 0 Å². The lowest BCUT2D eigenvalue weighted by Crippen LogP contribution is -2.46. The first kappa shape index (κ1) is 9.52. The second-order valence-electron chi connectivity index (χ2n) is 3.72. The summed E-state index contributed by atoms with van der Waals surface area (Å²) >= 11 is 0. The molecule has 0 spiro atoms. The highest BCUT2D eigenvalue weighted by Crippen LogP contribution is 2.17. The van der Waals surface area contributed by atoms with Crippen molar-refractivity contribution in [3.63, 3.8) is 0 Å². The van der Waals surface area contributed by atoms with Crippen LogP contribution in [0.4, 0.5) is 0 Å². The van der Waals surface area contributed by atoms with Gasteiger partial charge in [-0.2, -0.15) is 0 Å². The maximum atomic E-state index is 11.6. The molecule has 1 aliphatic heterocycles. The zero-order chi connectivity index (χ0) is 9.14. The van der Waals surface area contributed by atoms with E-state index in [9.17, 15) is 4.79 Å². The summed E-state index contributed by atoms with van der Waals surface area (Å²) in [5, 5.41) is 3.32. The Morgan fingerprint density at radius 3 is 2.67 bits per heavy atom. The van der Waals surface area contributed by atoms with Crippen molar-refractivity contribution in [2.75, 3.05) is 20.6 Å². The van der Waals surface area contributed by atoms with E-state index in [1.807, 2.05) is 14.1 Å². The summed E-state index contributed by atoms with van der Waals surface area (Å²) in [5.74, 6) is 0.448. The minimum atomic E-state index is 0.189. The van der Waals surface area contributed by atoms with Crippen molar-refractivity contribution in [1.29, 1.82) is 0 Å². The van der Waals surface area contributed by atoms with Crippen molar-refractivity contribution in [3.8, 4) is 0 Å². The van der Waals surface area contributed by atoms with E-state index < -0.39 is 0 Å². The fraction of sp³-hybridized carbons (Fsp3) is 0.889. The molecule has 12 heavy (non-hydrogen) atoms. The maximum absolute atomic E-state index is 11.6. The molecule has 0 aliphatic carbocycles. The van der Waals surface area contributed by atoms with Crippen LogP contribution in [0.2, 0.25) is 0 Å². The van der Waals surface area contributed by atoms with Crippen molar-refractivity contribution < 1.29 is 4.79 Å². The summed E-state index contributed by atoms with van der Waals surface area (Å²) in [7, 11) is 3.65. The first-order valence-corrected chi connectivity index (χ1v) is 4.57. The van der Waals surface area contributed by atoms with E-state index in [0.717, 1.165) is 19.4 Å². The first-order chi connectivity index (χ1) is 5.63. The molecule has 0 aromatic carbocycles. The largest absolute Gasteiger partial charge is 0.349 e. The number of piperidine rings is 1. The van der Waals surface area contributed by atoms with Gasteiger partial charge < -0.3 is 10.2 Å². The molecule has 70 valence electrons. The predicted molar refractivity (Wildman–Crippen MR) is 48.9 cm³/mol. The van der Waals surface area contributed by atoms with Crippen molar-refractivity contribution in [2.24, 2.45) is 5.92 Å². The average Bonchev–Trinajstić information content (AvgIpc) is 2.04. The Kier molecular flexibility index (Phi) is 3.09. The first-order valence-electron chi connectivity index (χ1n) is 4.57. The Labute approximate surface area is 74.1 Å². The number of rotatable bonds is 1. The molecule has 0 aromatic rings. The van der Waals surface area contributed by atoms with Gasteiger partial charge in [0.1, 0.15) is 0 Å². The van der Waals surface area contributed by atoms with Gasteiger partial charge >= 0.3 is 0 Å². The number of hydrogen-bond acceptors (Lipinski definition) is 2. The summed E-state index contributed by atoms with van der Waals surface area (Å²) in [5.41, 5.74) is 0. The topological polar surface area (TPSA) is 32.3 Å². The SMILES string of the molecule is CC1NCCCC1C(=O)N(C)C. The van der Waals surface area contributed by atoms with E-state index in [4.69, 9.17) is 0 Å². The van der Waals surface area contributed by atoms with Crippen molar-refractivity contribution >= 4 is 5.91 Å². The number of nitrogens with zero attached hydrogens (tertiary/aromatic N) is 1. The van der Waals surface area contributed by atoms with Crippen LogP contribution in [0.15, 0.2) is 0 Å². The molecule has 1 aliphatic rings. The predicted octanol–water partition coefficient (Wildman–Crippen LogP) is 0.463. The van der Waals surface area contributed by atoms with Crippen LogP contribution in [-0.4, -0.2) is 37.5 Å². The summed E-state index contributed by atoms with van der Waals surface area (Å²) in [6.45, 7) is 3.14. The molecular weight excluding hydrogens is 152 g/mol. The molecule has 3 heteroatoms. The van der Waals surface area contributed by atoms with Crippen LogP contribution in [0.1, 0.15) is 19.8 Å². The number of carbonyl (C=O) groups excluding carboxylic acids is 1. The highest BCUT2D eigenvalue weighted by Gasteiger charge is 2.28. The van der Waals surface area contributed by atoms with Crippen LogP contribution in [0, 0.1) is 5.92 Å². The minimum absolute atomic E-state index is 0.189. The minimum Gasteiger partial charge on any atom is -0.349 e. The van der Waals surface area contributed by atoms with Crippen LogP contribution in [0.3, 0.4) is 0 Å². The average molecular weight is 170 g/mol. The Hall–Kier alpha value is -0.570. The Morgan fingerprint density at radius 1 is 1.50 bits per heavy atom. The van der Waals surface area contributed by atoms with E-state index in [-0.39, 0.29) is 11.8 Å². The van der Waals surface area contributed by atoms with E-state index in [1.54, 1.807) is 4.90 Å². The van der Waals surface area contributed by atoms with Crippen LogP contribution in [0.25, 0.3) is 0 Å². The van der Waals surface area contributed by atoms with Gasteiger partial charge in [0, 0.05) is 20.1 Å². The lowest BCUT2D eigenvalue weighted by atomic mass is 9.91. The number of amides is 1. The Bertz CT molecular complexity index is 168. The molecule has 1 heterocycles. The summed E-state index contributed by atoms with van der Waals surface area (Å²) in [4.78, 5) is 13.3. The van der Waals surface area contributed by atoms with Gasteiger partial charge in [0.2, 0.25) is 5.91 Å². The molecule has 3 nitrogen and oxygen atoms in total. The fourth-order valence-corrected chi connectivity index (χ4v) is 1.71. The highest BCUT2D eigenvalue weighted by molar-refractivity contribution is 5.79. The van der Waals surface area contributed by atoms with Gasteiger partial charge in [0.25, 0.3) is 0 Å². The molecule has 2 unspecified atom stereocenters. The van der Waals surface area contributed by atoms with Crippen LogP contribution < -0.4 is 5.32 Å². The third kappa shape index (κ3) is 1.97. The molecular formula is C9H18N2O. The molecule has 0 radical (unpaired) electrons. The zero-order valence-corrected chi connectivity index (χ0v) is 8.13. The summed E-state index contributed by atoms with van der Waals surface area (Å²) < 4.78 is 0. The smallest absolute Gasteiger partial charge is 0.226 e. The van der Waals surface area contributed by atoms with Crippen molar-refractivity contribution in [1.82, 2.24) is 10.2 Å². The highest BCUT2D eigenvalue weighted by atomic mass is 16.2. The van der Waals surface area contributed by atoms with Crippen LogP contribution in [-0.2, 0) is 4.79 Å². The van der Waals surface area contributed by atoms with E-state index in [0.29, 0.717) is 6.04 Å². The van der Waals surface area contributed by atoms with Gasteiger partial charge in [-0.1, -0.05) is 0 Å².